The molecule has 0 radical (unpaired) electrons. The summed E-state index contributed by atoms with van der Waals surface area (Å²) in [6.45, 7) is 5.31. The Bertz CT molecular complexity index is 735. The van der Waals surface area contributed by atoms with Crippen molar-refractivity contribution in [3.63, 3.8) is 0 Å². The topological polar surface area (TPSA) is 61.2 Å². The molecule has 122 valence electrons. The van der Waals surface area contributed by atoms with Gasteiger partial charge >= 0.3 is 5.97 Å². The van der Waals surface area contributed by atoms with E-state index in [-0.39, 0.29) is 12.2 Å². The molecule has 0 aliphatic carbocycles. The zero-order valence-corrected chi connectivity index (χ0v) is 14.3. The molecule has 0 bridgehead atoms. The SMILES string of the molecule is Cc1nn(C)c(C)c1CC(=O)O[C@H](C)C(=O)c1ccc(Cl)cc1. The smallest absolute Gasteiger partial charge is 0.311 e. The molecule has 0 saturated carbocycles. The average Bonchev–Trinajstić information content (AvgIpc) is 2.73. The molecule has 0 saturated heterocycles. The van der Waals surface area contributed by atoms with Crippen LogP contribution >= 0.6 is 11.6 Å². The first-order valence-electron chi connectivity index (χ1n) is 7.28. The highest BCUT2D eigenvalue weighted by Gasteiger charge is 2.21. The van der Waals surface area contributed by atoms with E-state index in [9.17, 15) is 9.59 Å². The molecular formula is C17H19ClN2O3. The highest BCUT2D eigenvalue weighted by atomic mass is 35.5. The molecule has 0 unspecified atom stereocenters. The van der Waals surface area contributed by atoms with Gasteiger partial charge in [-0.2, -0.15) is 5.10 Å². The molecule has 0 N–H and O–H groups in total. The molecule has 5 nitrogen and oxygen atoms in total. The molecule has 2 rings (SSSR count). The van der Waals surface area contributed by atoms with Crippen LogP contribution in [0.3, 0.4) is 0 Å². The molecular weight excluding hydrogens is 316 g/mol. The van der Waals surface area contributed by atoms with Gasteiger partial charge in [-0.15, -0.1) is 0 Å². The fraction of sp³-hybridized carbons (Fsp3) is 0.353. The van der Waals surface area contributed by atoms with Crippen molar-refractivity contribution in [1.29, 1.82) is 0 Å². The van der Waals surface area contributed by atoms with Gasteiger partial charge in [0.05, 0.1) is 12.1 Å². The van der Waals surface area contributed by atoms with Crippen LogP contribution in [0.5, 0.6) is 0 Å². The maximum atomic E-state index is 12.2. The van der Waals surface area contributed by atoms with Crippen LogP contribution in [-0.4, -0.2) is 27.6 Å². The van der Waals surface area contributed by atoms with Gasteiger partial charge in [0.2, 0.25) is 5.78 Å². The molecule has 23 heavy (non-hydrogen) atoms. The summed E-state index contributed by atoms with van der Waals surface area (Å²) in [5, 5.41) is 4.81. The van der Waals surface area contributed by atoms with E-state index in [1.54, 1.807) is 35.9 Å². The second-order valence-corrected chi connectivity index (χ2v) is 5.89. The minimum Gasteiger partial charge on any atom is -0.454 e. The van der Waals surface area contributed by atoms with Crippen molar-refractivity contribution in [3.8, 4) is 0 Å². The van der Waals surface area contributed by atoms with Crippen LogP contribution in [0.25, 0.3) is 0 Å². The number of halogens is 1. The fourth-order valence-corrected chi connectivity index (χ4v) is 2.48. The van der Waals surface area contributed by atoms with Crippen LogP contribution in [0.15, 0.2) is 24.3 Å². The summed E-state index contributed by atoms with van der Waals surface area (Å²) < 4.78 is 6.98. The second-order valence-electron chi connectivity index (χ2n) is 5.45. The molecule has 1 aromatic heterocycles. The summed E-state index contributed by atoms with van der Waals surface area (Å²) in [4.78, 5) is 24.3. The lowest BCUT2D eigenvalue weighted by Gasteiger charge is -2.12. The molecule has 6 heteroatoms. The van der Waals surface area contributed by atoms with Crippen LogP contribution in [0.1, 0.15) is 34.2 Å². The van der Waals surface area contributed by atoms with Crippen molar-refractivity contribution in [2.24, 2.45) is 7.05 Å². The van der Waals surface area contributed by atoms with Crippen LogP contribution in [-0.2, 0) is 23.0 Å². The molecule has 1 atom stereocenters. The summed E-state index contributed by atoms with van der Waals surface area (Å²) in [7, 11) is 1.82. The van der Waals surface area contributed by atoms with Crippen LogP contribution in [0.2, 0.25) is 5.02 Å². The van der Waals surface area contributed by atoms with E-state index in [4.69, 9.17) is 16.3 Å². The highest BCUT2D eigenvalue weighted by molar-refractivity contribution is 6.30. The number of carbonyl (C=O) groups excluding carboxylic acids is 2. The van der Waals surface area contributed by atoms with Gasteiger partial charge in [0.15, 0.2) is 6.10 Å². The van der Waals surface area contributed by atoms with E-state index in [1.807, 2.05) is 20.9 Å². The predicted molar refractivity (Wildman–Crippen MR) is 87.7 cm³/mol. The largest absolute Gasteiger partial charge is 0.454 e. The Balaban J connectivity index is 2.02. The summed E-state index contributed by atoms with van der Waals surface area (Å²) in [5.41, 5.74) is 3.00. The summed E-state index contributed by atoms with van der Waals surface area (Å²) in [5.74, 6) is -0.700. The Morgan fingerprint density at radius 2 is 1.87 bits per heavy atom. The fourth-order valence-electron chi connectivity index (χ4n) is 2.36. The number of ketones is 1. The number of aromatic nitrogens is 2. The highest BCUT2D eigenvalue weighted by Crippen LogP contribution is 2.15. The van der Waals surface area contributed by atoms with Gasteiger partial charge in [-0.1, -0.05) is 11.6 Å². The first-order valence-corrected chi connectivity index (χ1v) is 7.65. The molecule has 1 aromatic carbocycles. The Kier molecular flexibility index (Phi) is 5.21. The number of benzene rings is 1. The van der Waals surface area contributed by atoms with E-state index in [1.165, 1.54) is 0 Å². The van der Waals surface area contributed by atoms with Gasteiger partial charge < -0.3 is 4.74 Å². The van der Waals surface area contributed by atoms with E-state index in [2.05, 4.69) is 5.10 Å². The third-order valence-electron chi connectivity index (χ3n) is 3.79. The van der Waals surface area contributed by atoms with Crippen LogP contribution in [0, 0.1) is 13.8 Å². The van der Waals surface area contributed by atoms with Crippen LogP contribution in [0.4, 0.5) is 0 Å². The quantitative estimate of drug-likeness (QED) is 0.623. The Morgan fingerprint density at radius 1 is 1.26 bits per heavy atom. The number of Topliss-reactive ketones (excluding diaryl/α,β-unsaturated/α-hetero) is 1. The molecule has 0 spiro atoms. The van der Waals surface area contributed by atoms with E-state index < -0.39 is 12.1 Å². The third-order valence-corrected chi connectivity index (χ3v) is 4.04. The number of aryl methyl sites for hydroxylation is 2. The summed E-state index contributed by atoms with van der Waals surface area (Å²) >= 11 is 5.80. The lowest BCUT2D eigenvalue weighted by molar-refractivity contribution is -0.145. The predicted octanol–water partition coefficient (Wildman–Crippen LogP) is 3.05. The number of hydrogen-bond acceptors (Lipinski definition) is 4. The zero-order chi connectivity index (χ0) is 17.1. The first kappa shape index (κ1) is 17.2. The summed E-state index contributed by atoms with van der Waals surface area (Å²) in [6, 6.07) is 6.49. The normalized spacial score (nSPS) is 12.0. The van der Waals surface area contributed by atoms with Crippen LogP contribution < -0.4 is 0 Å². The minimum absolute atomic E-state index is 0.101. The number of carbonyl (C=O) groups is 2. The maximum absolute atomic E-state index is 12.2. The van der Waals surface area contributed by atoms with Crippen molar-refractivity contribution < 1.29 is 14.3 Å². The Hall–Kier alpha value is -2.14. The van der Waals surface area contributed by atoms with E-state index in [0.717, 1.165) is 17.0 Å². The molecule has 0 aliphatic rings. The molecule has 0 fully saturated rings. The van der Waals surface area contributed by atoms with Gasteiger partial charge in [0, 0.05) is 28.9 Å². The maximum Gasteiger partial charge on any atom is 0.311 e. The van der Waals surface area contributed by atoms with Gasteiger partial charge in [0.25, 0.3) is 0 Å². The minimum atomic E-state index is -0.846. The van der Waals surface area contributed by atoms with Crippen molar-refractivity contribution in [2.45, 2.75) is 33.3 Å². The van der Waals surface area contributed by atoms with Crippen molar-refractivity contribution in [2.75, 3.05) is 0 Å². The second kappa shape index (κ2) is 6.96. The number of nitrogens with zero attached hydrogens (tertiary/aromatic N) is 2. The van der Waals surface area contributed by atoms with E-state index >= 15 is 0 Å². The number of ether oxygens (including phenoxy) is 1. The molecule has 0 amide bonds. The van der Waals surface area contributed by atoms with Crippen molar-refractivity contribution in [1.82, 2.24) is 9.78 Å². The first-order chi connectivity index (χ1) is 10.8. The van der Waals surface area contributed by atoms with Crippen molar-refractivity contribution in [3.05, 3.63) is 51.8 Å². The molecule has 1 heterocycles. The average molecular weight is 335 g/mol. The number of hydrogen-bond donors (Lipinski definition) is 0. The zero-order valence-electron chi connectivity index (χ0n) is 13.6. The Morgan fingerprint density at radius 3 is 2.39 bits per heavy atom. The number of esters is 1. The monoisotopic (exact) mass is 334 g/mol. The van der Waals surface area contributed by atoms with Gasteiger partial charge in [-0.05, 0) is 45.0 Å². The lowest BCUT2D eigenvalue weighted by Crippen LogP contribution is -2.25. The van der Waals surface area contributed by atoms with E-state index in [0.29, 0.717) is 10.6 Å². The summed E-state index contributed by atoms with van der Waals surface area (Å²) in [6.07, 6.45) is -0.745. The molecule has 2 aromatic rings. The van der Waals surface area contributed by atoms with Crippen molar-refractivity contribution >= 4 is 23.4 Å². The standard InChI is InChI=1S/C17H19ClN2O3/c1-10-15(11(2)20(4)19-10)9-16(21)23-12(3)17(22)13-5-7-14(18)8-6-13/h5-8,12H,9H2,1-4H3/t12-/m1/s1. The van der Waals surface area contributed by atoms with Gasteiger partial charge in [-0.3, -0.25) is 14.3 Å². The number of rotatable bonds is 5. The molecule has 0 aliphatic heterocycles. The third kappa shape index (κ3) is 3.99. The Labute approximate surface area is 140 Å². The van der Waals surface area contributed by atoms with Gasteiger partial charge in [0.1, 0.15) is 0 Å². The van der Waals surface area contributed by atoms with Gasteiger partial charge in [-0.25, -0.2) is 0 Å². The lowest BCUT2D eigenvalue weighted by atomic mass is 10.1.